The zero-order chi connectivity index (χ0) is 12.3. The highest BCUT2D eigenvalue weighted by atomic mass is 32.2. The van der Waals surface area contributed by atoms with Gasteiger partial charge in [0.1, 0.15) is 5.82 Å². The molecule has 1 aromatic rings. The number of hydrogen-bond donors (Lipinski definition) is 2. The maximum absolute atomic E-state index is 11.6. The lowest BCUT2D eigenvalue weighted by Gasteiger charge is -2.01. The van der Waals surface area contributed by atoms with Crippen LogP contribution in [0.15, 0.2) is 4.90 Å². The van der Waals surface area contributed by atoms with Gasteiger partial charge in [0.2, 0.25) is 0 Å². The van der Waals surface area contributed by atoms with E-state index < -0.39 is 9.84 Å². The third kappa shape index (κ3) is 2.46. The summed E-state index contributed by atoms with van der Waals surface area (Å²) in [6, 6.07) is 0. The molecule has 1 aromatic heterocycles. The van der Waals surface area contributed by atoms with Crippen molar-refractivity contribution in [2.45, 2.75) is 31.7 Å². The van der Waals surface area contributed by atoms with Gasteiger partial charge in [-0.3, -0.25) is 0 Å². The first-order valence-corrected chi connectivity index (χ1v) is 7.11. The first-order chi connectivity index (χ1) is 7.41. The fourth-order valence-electron chi connectivity index (χ4n) is 1.49. The van der Waals surface area contributed by atoms with Crippen molar-refractivity contribution in [3.8, 4) is 0 Å². The zero-order valence-electron chi connectivity index (χ0n) is 9.82. The van der Waals surface area contributed by atoms with E-state index in [2.05, 4.69) is 10.4 Å². The van der Waals surface area contributed by atoms with E-state index in [4.69, 9.17) is 5.73 Å². The average Bonchev–Trinajstić information content (AvgIpc) is 2.43. The van der Waals surface area contributed by atoms with Crippen LogP contribution in [-0.4, -0.2) is 31.0 Å². The molecule has 0 aliphatic rings. The van der Waals surface area contributed by atoms with Crippen molar-refractivity contribution in [1.82, 2.24) is 9.78 Å². The quantitative estimate of drug-likeness (QED) is 0.798. The molecule has 0 aromatic carbocycles. The summed E-state index contributed by atoms with van der Waals surface area (Å²) >= 11 is 0. The second-order valence-corrected chi connectivity index (χ2v) is 5.54. The Hall–Kier alpha value is -1.24. The van der Waals surface area contributed by atoms with E-state index in [9.17, 15) is 8.42 Å². The number of nitrogens with one attached hydrogen (secondary N) is 1. The van der Waals surface area contributed by atoms with Crippen molar-refractivity contribution in [1.29, 1.82) is 0 Å². The van der Waals surface area contributed by atoms with E-state index in [0.29, 0.717) is 18.9 Å². The predicted octanol–water partition coefficient (Wildman–Crippen LogP) is 0.711. The van der Waals surface area contributed by atoms with Crippen molar-refractivity contribution in [3.63, 3.8) is 0 Å². The molecule has 0 saturated carbocycles. The zero-order valence-corrected chi connectivity index (χ0v) is 10.6. The van der Waals surface area contributed by atoms with E-state index in [1.807, 2.05) is 13.8 Å². The normalized spacial score (nSPS) is 11.7. The van der Waals surface area contributed by atoms with Gasteiger partial charge in [0.25, 0.3) is 0 Å². The van der Waals surface area contributed by atoms with Crippen LogP contribution in [0.2, 0.25) is 0 Å². The van der Waals surface area contributed by atoms with Crippen LogP contribution < -0.4 is 11.1 Å². The van der Waals surface area contributed by atoms with E-state index in [0.717, 1.165) is 12.7 Å². The molecule has 92 valence electrons. The van der Waals surface area contributed by atoms with Gasteiger partial charge in [0, 0.05) is 19.3 Å². The second-order valence-electron chi connectivity index (χ2n) is 3.59. The van der Waals surface area contributed by atoms with Gasteiger partial charge in [-0.1, -0.05) is 6.92 Å². The highest BCUT2D eigenvalue weighted by molar-refractivity contribution is 7.91. The molecular formula is C9H18N4O2S. The number of nitrogens with zero attached hydrogens (tertiary/aromatic N) is 2. The number of hydrogen-bond acceptors (Lipinski definition) is 5. The standard InChI is InChI=1S/C9H18N4O2S/c1-4-6-13-8(10)7(16(3,14)15)9(12-13)11-5-2/h4-6,10H2,1-3H3,(H,11,12). The first kappa shape index (κ1) is 12.8. The highest BCUT2D eigenvalue weighted by Crippen LogP contribution is 2.27. The monoisotopic (exact) mass is 246 g/mol. The number of aromatic nitrogens is 2. The lowest BCUT2D eigenvalue weighted by atomic mass is 10.5. The van der Waals surface area contributed by atoms with Crippen molar-refractivity contribution >= 4 is 21.5 Å². The molecule has 0 unspecified atom stereocenters. The molecule has 0 amide bonds. The molecule has 0 saturated heterocycles. The SMILES string of the molecule is CCCn1nc(NCC)c(S(C)(=O)=O)c1N. The van der Waals surface area contributed by atoms with Gasteiger partial charge in [0.05, 0.1) is 0 Å². The molecule has 3 N–H and O–H groups in total. The van der Waals surface area contributed by atoms with E-state index >= 15 is 0 Å². The molecule has 0 aliphatic heterocycles. The summed E-state index contributed by atoms with van der Waals surface area (Å²) in [5.41, 5.74) is 5.79. The maximum atomic E-state index is 11.6. The van der Waals surface area contributed by atoms with Gasteiger partial charge in [-0.25, -0.2) is 13.1 Å². The summed E-state index contributed by atoms with van der Waals surface area (Å²) in [7, 11) is -3.35. The van der Waals surface area contributed by atoms with E-state index in [1.165, 1.54) is 4.68 Å². The first-order valence-electron chi connectivity index (χ1n) is 5.22. The van der Waals surface area contributed by atoms with Crippen LogP contribution in [0.5, 0.6) is 0 Å². The molecule has 1 heterocycles. The number of nitrogen functional groups attached to an aromatic ring is 1. The molecule has 0 spiro atoms. The summed E-state index contributed by atoms with van der Waals surface area (Å²) in [5, 5.41) is 7.07. The Bertz CT molecular complexity index is 464. The van der Waals surface area contributed by atoms with Crippen molar-refractivity contribution in [2.75, 3.05) is 23.9 Å². The van der Waals surface area contributed by atoms with Crippen LogP contribution in [0.3, 0.4) is 0 Å². The number of aryl methyl sites for hydroxylation is 1. The fourth-order valence-corrected chi connectivity index (χ4v) is 2.44. The molecule has 0 fully saturated rings. The maximum Gasteiger partial charge on any atom is 0.182 e. The topological polar surface area (TPSA) is 90.0 Å². The van der Waals surface area contributed by atoms with Crippen LogP contribution in [0.25, 0.3) is 0 Å². The van der Waals surface area contributed by atoms with Crippen LogP contribution in [-0.2, 0) is 16.4 Å². The fraction of sp³-hybridized carbons (Fsp3) is 0.667. The summed E-state index contributed by atoms with van der Waals surface area (Å²) in [5.74, 6) is 0.552. The molecule has 0 bridgehead atoms. The molecule has 0 radical (unpaired) electrons. The molecule has 16 heavy (non-hydrogen) atoms. The average molecular weight is 246 g/mol. The van der Waals surface area contributed by atoms with Gasteiger partial charge < -0.3 is 11.1 Å². The van der Waals surface area contributed by atoms with Crippen LogP contribution in [0, 0.1) is 0 Å². The third-order valence-corrected chi connectivity index (χ3v) is 3.24. The molecular weight excluding hydrogens is 228 g/mol. The van der Waals surface area contributed by atoms with Gasteiger partial charge in [0.15, 0.2) is 20.6 Å². The van der Waals surface area contributed by atoms with E-state index in [-0.39, 0.29) is 10.7 Å². The lowest BCUT2D eigenvalue weighted by molar-refractivity contribution is 0.600. The number of nitrogens with two attached hydrogens (primary N) is 1. The van der Waals surface area contributed by atoms with Gasteiger partial charge in [-0.2, -0.15) is 5.10 Å². The summed E-state index contributed by atoms with van der Waals surface area (Å²) < 4.78 is 24.7. The molecule has 6 nitrogen and oxygen atoms in total. The lowest BCUT2D eigenvalue weighted by Crippen LogP contribution is -2.07. The predicted molar refractivity (Wildman–Crippen MR) is 64.2 cm³/mol. The summed E-state index contributed by atoms with van der Waals surface area (Å²) in [6.07, 6.45) is 1.98. The number of rotatable bonds is 5. The van der Waals surface area contributed by atoms with Crippen molar-refractivity contribution in [3.05, 3.63) is 0 Å². The minimum absolute atomic E-state index is 0.0998. The third-order valence-electron chi connectivity index (χ3n) is 2.10. The minimum atomic E-state index is -3.35. The van der Waals surface area contributed by atoms with Crippen LogP contribution >= 0.6 is 0 Å². The molecule has 7 heteroatoms. The van der Waals surface area contributed by atoms with Crippen LogP contribution in [0.4, 0.5) is 11.6 Å². The van der Waals surface area contributed by atoms with Crippen molar-refractivity contribution in [2.24, 2.45) is 0 Å². The largest absolute Gasteiger partial charge is 0.383 e. The molecule has 0 atom stereocenters. The Labute approximate surface area is 95.7 Å². The van der Waals surface area contributed by atoms with Gasteiger partial charge >= 0.3 is 0 Å². The Morgan fingerprint density at radius 1 is 1.44 bits per heavy atom. The smallest absolute Gasteiger partial charge is 0.182 e. The Morgan fingerprint density at radius 2 is 2.06 bits per heavy atom. The van der Waals surface area contributed by atoms with Gasteiger partial charge in [-0.15, -0.1) is 0 Å². The Balaban J connectivity index is 3.32. The number of anilines is 2. The summed E-state index contributed by atoms with van der Waals surface area (Å²) in [4.78, 5) is 0.0998. The highest BCUT2D eigenvalue weighted by Gasteiger charge is 2.23. The minimum Gasteiger partial charge on any atom is -0.383 e. The number of sulfone groups is 1. The molecule has 0 aliphatic carbocycles. The van der Waals surface area contributed by atoms with Crippen molar-refractivity contribution < 1.29 is 8.42 Å². The van der Waals surface area contributed by atoms with Gasteiger partial charge in [-0.05, 0) is 13.3 Å². The second kappa shape index (κ2) is 4.73. The Morgan fingerprint density at radius 3 is 2.50 bits per heavy atom. The van der Waals surface area contributed by atoms with E-state index in [1.54, 1.807) is 0 Å². The summed E-state index contributed by atoms with van der Waals surface area (Å²) in [6.45, 7) is 5.07. The van der Waals surface area contributed by atoms with Crippen LogP contribution in [0.1, 0.15) is 20.3 Å². The Kier molecular flexibility index (Phi) is 3.79. The molecule has 1 rings (SSSR count).